The number of benzene rings is 2. The number of carbonyl (C=O) groups is 1. The Balaban J connectivity index is 1.75. The highest BCUT2D eigenvalue weighted by Crippen LogP contribution is 2.33. The molecule has 2 aromatic carbocycles. The number of nitrogens with zero attached hydrogens (tertiary/aromatic N) is 2. The summed E-state index contributed by atoms with van der Waals surface area (Å²) >= 11 is 6.38. The molecule has 0 atom stereocenters. The van der Waals surface area contributed by atoms with Gasteiger partial charge in [-0.1, -0.05) is 29.8 Å². The fourth-order valence-corrected chi connectivity index (χ4v) is 4.25. The van der Waals surface area contributed by atoms with Crippen LogP contribution in [0.5, 0.6) is 5.75 Å². The van der Waals surface area contributed by atoms with Crippen LogP contribution in [0.1, 0.15) is 47.3 Å². The molecule has 1 aliphatic heterocycles. The molecule has 0 saturated carbocycles. The Morgan fingerprint density at radius 3 is 2.77 bits per heavy atom. The Kier molecular flexibility index (Phi) is 6.59. The van der Waals surface area contributed by atoms with Crippen LogP contribution in [-0.4, -0.2) is 35.4 Å². The number of piperidine rings is 1. The third-order valence-corrected chi connectivity index (χ3v) is 6.09. The van der Waals surface area contributed by atoms with Gasteiger partial charge < -0.3 is 15.4 Å². The fraction of sp³-hybridized carbons (Fsp3) is 0.333. The molecule has 2 heterocycles. The molecule has 0 unspecified atom stereocenters. The second-order valence-electron chi connectivity index (χ2n) is 7.65. The number of hydrogen-bond acceptors (Lipinski definition) is 4. The van der Waals surface area contributed by atoms with Crippen LogP contribution < -0.4 is 15.4 Å². The molecule has 2 N–H and O–H groups in total. The second kappa shape index (κ2) is 9.54. The number of ether oxygens (including phenoxy) is 1. The lowest BCUT2D eigenvalue weighted by Gasteiger charge is -2.25. The zero-order valence-corrected chi connectivity index (χ0v) is 18.6. The van der Waals surface area contributed by atoms with Crippen molar-refractivity contribution in [1.82, 2.24) is 15.1 Å². The van der Waals surface area contributed by atoms with Crippen molar-refractivity contribution in [3.8, 4) is 11.4 Å². The maximum atomic E-state index is 13.4. The van der Waals surface area contributed by atoms with Gasteiger partial charge in [-0.05, 0) is 69.6 Å². The van der Waals surface area contributed by atoms with Crippen molar-refractivity contribution < 1.29 is 9.53 Å². The minimum atomic E-state index is -0.188. The number of halogens is 1. The number of hydrogen-bond donors (Lipinski definition) is 2. The topological polar surface area (TPSA) is 68.2 Å². The summed E-state index contributed by atoms with van der Waals surface area (Å²) in [5.41, 5.74) is 4.00. The number of rotatable bonds is 6. The third-order valence-electron chi connectivity index (χ3n) is 5.68. The SMILES string of the molecule is CCOc1ccccc1NC(=O)c1cnn(-c2cccc(Cl)c2C)c1C1CCNCC1. The van der Waals surface area contributed by atoms with Crippen molar-refractivity contribution in [3.05, 3.63) is 70.5 Å². The van der Waals surface area contributed by atoms with E-state index in [1.54, 1.807) is 6.20 Å². The van der Waals surface area contributed by atoms with Gasteiger partial charge in [0.05, 0.1) is 35.4 Å². The van der Waals surface area contributed by atoms with Crippen LogP contribution in [0.15, 0.2) is 48.7 Å². The first-order valence-corrected chi connectivity index (χ1v) is 11.0. The van der Waals surface area contributed by atoms with Crippen LogP contribution in [-0.2, 0) is 0 Å². The van der Waals surface area contributed by atoms with Crippen LogP contribution in [0, 0.1) is 6.92 Å². The van der Waals surface area contributed by atoms with E-state index in [-0.39, 0.29) is 11.8 Å². The first-order chi connectivity index (χ1) is 15.1. The quantitative estimate of drug-likeness (QED) is 0.571. The molecule has 0 radical (unpaired) electrons. The van der Waals surface area contributed by atoms with E-state index in [2.05, 4.69) is 15.7 Å². The van der Waals surface area contributed by atoms with Crippen LogP contribution in [0.25, 0.3) is 5.69 Å². The molecule has 31 heavy (non-hydrogen) atoms. The highest BCUT2D eigenvalue weighted by Gasteiger charge is 2.28. The van der Waals surface area contributed by atoms with Gasteiger partial charge in [-0.25, -0.2) is 4.68 Å². The molecule has 1 fully saturated rings. The molecule has 162 valence electrons. The minimum Gasteiger partial charge on any atom is -0.492 e. The number of nitrogens with one attached hydrogen (secondary N) is 2. The van der Waals surface area contributed by atoms with Crippen molar-refractivity contribution in [2.45, 2.75) is 32.6 Å². The first kappa shape index (κ1) is 21.4. The molecule has 0 spiro atoms. The lowest BCUT2D eigenvalue weighted by molar-refractivity contribution is 0.102. The van der Waals surface area contributed by atoms with Crippen LogP contribution in [0.2, 0.25) is 5.02 Å². The zero-order chi connectivity index (χ0) is 21.8. The molecule has 7 heteroatoms. The van der Waals surface area contributed by atoms with Crippen molar-refractivity contribution in [2.75, 3.05) is 25.0 Å². The predicted molar refractivity (Wildman–Crippen MR) is 124 cm³/mol. The number of aromatic nitrogens is 2. The van der Waals surface area contributed by atoms with Gasteiger partial charge in [-0.15, -0.1) is 0 Å². The van der Waals surface area contributed by atoms with Gasteiger partial charge in [-0.3, -0.25) is 4.79 Å². The summed E-state index contributed by atoms with van der Waals surface area (Å²) in [4.78, 5) is 13.4. The van der Waals surface area contributed by atoms with Gasteiger partial charge in [0, 0.05) is 10.9 Å². The first-order valence-electron chi connectivity index (χ1n) is 10.7. The standard InChI is InChI=1S/C24H27ClN4O2/c1-3-31-22-10-5-4-8-20(22)28-24(30)18-15-27-29(21-9-6-7-19(25)16(21)2)23(18)17-11-13-26-14-12-17/h4-10,15,17,26H,3,11-14H2,1-2H3,(H,28,30). The smallest absolute Gasteiger partial charge is 0.259 e. The molecule has 3 aromatic rings. The van der Waals surface area contributed by atoms with Gasteiger partial charge in [0.15, 0.2) is 0 Å². The van der Waals surface area contributed by atoms with E-state index in [0.29, 0.717) is 28.6 Å². The largest absolute Gasteiger partial charge is 0.492 e. The summed E-state index contributed by atoms with van der Waals surface area (Å²) in [6.07, 6.45) is 3.55. The van der Waals surface area contributed by atoms with Gasteiger partial charge in [0.1, 0.15) is 5.75 Å². The van der Waals surface area contributed by atoms with Crippen molar-refractivity contribution in [3.63, 3.8) is 0 Å². The number of anilines is 1. The van der Waals surface area contributed by atoms with Crippen LogP contribution in [0.3, 0.4) is 0 Å². The predicted octanol–water partition coefficient (Wildman–Crippen LogP) is 4.95. The lowest BCUT2D eigenvalue weighted by atomic mass is 9.91. The number of amides is 1. The monoisotopic (exact) mass is 438 g/mol. The van der Waals surface area contributed by atoms with E-state index in [9.17, 15) is 4.79 Å². The van der Waals surface area contributed by atoms with E-state index in [4.69, 9.17) is 16.3 Å². The van der Waals surface area contributed by atoms with Crippen molar-refractivity contribution in [2.24, 2.45) is 0 Å². The van der Waals surface area contributed by atoms with Gasteiger partial charge in [0.2, 0.25) is 0 Å². The Hall–Kier alpha value is -2.83. The minimum absolute atomic E-state index is 0.188. The van der Waals surface area contributed by atoms with Crippen molar-refractivity contribution >= 4 is 23.2 Å². The molecule has 1 aromatic heterocycles. The van der Waals surface area contributed by atoms with E-state index < -0.39 is 0 Å². The van der Waals surface area contributed by atoms with Crippen molar-refractivity contribution in [1.29, 1.82) is 0 Å². The maximum Gasteiger partial charge on any atom is 0.259 e. The summed E-state index contributed by atoms with van der Waals surface area (Å²) in [5, 5.41) is 11.7. The lowest BCUT2D eigenvalue weighted by Crippen LogP contribution is -2.29. The Morgan fingerprint density at radius 2 is 2.00 bits per heavy atom. The van der Waals surface area contributed by atoms with Gasteiger partial charge in [-0.2, -0.15) is 5.10 Å². The van der Waals surface area contributed by atoms with E-state index in [1.807, 2.05) is 61.0 Å². The highest BCUT2D eigenvalue weighted by molar-refractivity contribution is 6.31. The number of carbonyl (C=O) groups excluding carboxylic acids is 1. The Morgan fingerprint density at radius 1 is 1.23 bits per heavy atom. The summed E-state index contributed by atoms with van der Waals surface area (Å²) in [6.45, 7) is 6.26. The van der Waals surface area contributed by atoms with Crippen LogP contribution in [0.4, 0.5) is 5.69 Å². The average molecular weight is 439 g/mol. The molecule has 0 aliphatic carbocycles. The average Bonchev–Trinajstić information content (AvgIpc) is 3.23. The van der Waals surface area contributed by atoms with E-state index in [0.717, 1.165) is 42.9 Å². The van der Waals surface area contributed by atoms with Crippen LogP contribution >= 0.6 is 11.6 Å². The van der Waals surface area contributed by atoms with E-state index >= 15 is 0 Å². The molecule has 1 aliphatic rings. The highest BCUT2D eigenvalue weighted by atomic mass is 35.5. The second-order valence-corrected chi connectivity index (χ2v) is 8.05. The summed E-state index contributed by atoms with van der Waals surface area (Å²) < 4.78 is 7.55. The molecule has 1 saturated heterocycles. The fourth-order valence-electron chi connectivity index (χ4n) is 4.08. The molecule has 0 bridgehead atoms. The number of para-hydroxylation sites is 2. The Bertz CT molecular complexity index is 1070. The Labute approximate surface area is 187 Å². The molecule has 6 nitrogen and oxygen atoms in total. The summed E-state index contributed by atoms with van der Waals surface area (Å²) in [6, 6.07) is 13.2. The van der Waals surface area contributed by atoms with Gasteiger partial charge >= 0.3 is 0 Å². The van der Waals surface area contributed by atoms with Gasteiger partial charge in [0.25, 0.3) is 5.91 Å². The third kappa shape index (κ3) is 4.45. The molecule has 4 rings (SSSR count). The van der Waals surface area contributed by atoms with E-state index in [1.165, 1.54) is 0 Å². The molecular weight excluding hydrogens is 412 g/mol. The maximum absolute atomic E-state index is 13.4. The summed E-state index contributed by atoms with van der Waals surface area (Å²) in [7, 11) is 0. The molecule has 1 amide bonds. The summed E-state index contributed by atoms with van der Waals surface area (Å²) in [5.74, 6) is 0.691. The normalized spacial score (nSPS) is 14.4. The molecular formula is C24H27ClN4O2. The zero-order valence-electron chi connectivity index (χ0n) is 17.8.